The summed E-state index contributed by atoms with van der Waals surface area (Å²) >= 11 is 0. The molecule has 0 atom stereocenters. The first kappa shape index (κ1) is 13.6. The van der Waals surface area contributed by atoms with Crippen molar-refractivity contribution < 1.29 is 15.0 Å². The highest BCUT2D eigenvalue weighted by molar-refractivity contribution is 5.87. The van der Waals surface area contributed by atoms with Gasteiger partial charge in [-0.25, -0.2) is 4.79 Å². The van der Waals surface area contributed by atoms with Crippen molar-refractivity contribution in [3.63, 3.8) is 0 Å². The van der Waals surface area contributed by atoms with Crippen molar-refractivity contribution in [2.45, 2.75) is 50.8 Å². The first-order valence-electron chi connectivity index (χ1n) is 7.36. The molecule has 1 aromatic rings. The van der Waals surface area contributed by atoms with Gasteiger partial charge in [-0.1, -0.05) is 25.3 Å². The Morgan fingerprint density at radius 2 is 1.85 bits per heavy atom. The molecule has 0 radical (unpaired) electrons. The van der Waals surface area contributed by atoms with Crippen LogP contribution in [-0.4, -0.2) is 33.2 Å². The van der Waals surface area contributed by atoms with Gasteiger partial charge < -0.3 is 10.2 Å². The molecule has 1 aromatic carbocycles. The summed E-state index contributed by atoms with van der Waals surface area (Å²) < 4.78 is 0. The number of β-amino-alcohol motifs (C(OH)–C–C–N with tert-alkyl or cyclic N) is 1. The van der Waals surface area contributed by atoms with Crippen LogP contribution in [0.15, 0.2) is 18.2 Å². The van der Waals surface area contributed by atoms with E-state index in [0.29, 0.717) is 12.1 Å². The average molecular weight is 275 g/mol. The average Bonchev–Trinajstić information content (AvgIpc) is 2.79. The highest BCUT2D eigenvalue weighted by atomic mass is 16.4. The lowest BCUT2D eigenvalue weighted by molar-refractivity contribution is -0.0273. The van der Waals surface area contributed by atoms with Crippen LogP contribution in [0.5, 0.6) is 0 Å². The standard InChI is InChI=1S/C16H21NO3/c18-15(19)12-4-5-13-9-17(10-14(13)8-12)11-16(20)6-2-1-3-7-16/h4-5,8,20H,1-3,6-7,9-11H2,(H,18,19). The lowest BCUT2D eigenvalue weighted by Gasteiger charge is -2.35. The molecule has 0 amide bonds. The largest absolute Gasteiger partial charge is 0.478 e. The molecule has 1 saturated carbocycles. The third-order valence-electron chi connectivity index (χ3n) is 4.54. The number of aromatic carboxylic acids is 1. The minimum Gasteiger partial charge on any atom is -0.478 e. The van der Waals surface area contributed by atoms with Gasteiger partial charge in [-0.05, 0) is 36.1 Å². The molecule has 1 fully saturated rings. The zero-order valence-corrected chi connectivity index (χ0v) is 11.6. The Hall–Kier alpha value is -1.39. The van der Waals surface area contributed by atoms with Gasteiger partial charge in [0.05, 0.1) is 11.2 Å². The quantitative estimate of drug-likeness (QED) is 0.889. The topological polar surface area (TPSA) is 60.8 Å². The minimum absolute atomic E-state index is 0.349. The smallest absolute Gasteiger partial charge is 0.335 e. The second-order valence-electron chi connectivity index (χ2n) is 6.22. The fourth-order valence-corrected chi connectivity index (χ4v) is 3.49. The van der Waals surface area contributed by atoms with Crippen LogP contribution in [-0.2, 0) is 13.1 Å². The van der Waals surface area contributed by atoms with Crippen LogP contribution >= 0.6 is 0 Å². The van der Waals surface area contributed by atoms with Crippen molar-refractivity contribution in [1.29, 1.82) is 0 Å². The van der Waals surface area contributed by atoms with E-state index in [1.165, 1.54) is 12.0 Å². The second-order valence-corrected chi connectivity index (χ2v) is 6.22. The molecule has 0 spiro atoms. The number of rotatable bonds is 3. The molecule has 3 rings (SSSR count). The fourth-order valence-electron chi connectivity index (χ4n) is 3.49. The molecule has 1 heterocycles. The van der Waals surface area contributed by atoms with Crippen molar-refractivity contribution in [3.05, 3.63) is 34.9 Å². The molecule has 108 valence electrons. The number of hydrogen-bond donors (Lipinski definition) is 2. The number of fused-ring (bicyclic) bond motifs is 1. The third kappa shape index (κ3) is 2.72. The minimum atomic E-state index is -0.878. The molecule has 4 heteroatoms. The summed E-state index contributed by atoms with van der Waals surface area (Å²) in [7, 11) is 0. The first-order valence-corrected chi connectivity index (χ1v) is 7.36. The van der Waals surface area contributed by atoms with Crippen LogP contribution < -0.4 is 0 Å². The molecular weight excluding hydrogens is 254 g/mol. The molecule has 2 N–H and O–H groups in total. The van der Waals surface area contributed by atoms with Gasteiger partial charge in [0.15, 0.2) is 0 Å². The summed E-state index contributed by atoms with van der Waals surface area (Å²) in [6.07, 6.45) is 5.23. The van der Waals surface area contributed by atoms with Gasteiger partial charge >= 0.3 is 5.97 Å². The summed E-state index contributed by atoms with van der Waals surface area (Å²) in [6.45, 7) is 2.26. The van der Waals surface area contributed by atoms with Crippen molar-refractivity contribution in [3.8, 4) is 0 Å². The maximum Gasteiger partial charge on any atom is 0.335 e. The van der Waals surface area contributed by atoms with Crippen LogP contribution in [0.25, 0.3) is 0 Å². The molecule has 2 aliphatic rings. The van der Waals surface area contributed by atoms with Crippen molar-refractivity contribution >= 4 is 5.97 Å². The molecule has 0 saturated heterocycles. The van der Waals surface area contributed by atoms with E-state index in [1.54, 1.807) is 12.1 Å². The SMILES string of the molecule is O=C(O)c1ccc2c(c1)CN(CC1(O)CCCCC1)C2. The third-order valence-corrected chi connectivity index (χ3v) is 4.54. The van der Waals surface area contributed by atoms with E-state index in [-0.39, 0.29) is 0 Å². The Morgan fingerprint density at radius 1 is 1.15 bits per heavy atom. The monoisotopic (exact) mass is 275 g/mol. The zero-order chi connectivity index (χ0) is 14.2. The summed E-state index contributed by atoms with van der Waals surface area (Å²) in [4.78, 5) is 13.2. The van der Waals surface area contributed by atoms with Crippen LogP contribution in [0.1, 0.15) is 53.6 Å². The predicted molar refractivity (Wildman–Crippen MR) is 75.6 cm³/mol. The number of carboxylic acids is 1. The van der Waals surface area contributed by atoms with Crippen LogP contribution in [0, 0.1) is 0 Å². The number of benzene rings is 1. The number of carboxylic acid groups (broad SMARTS) is 1. The Balaban J connectivity index is 1.69. The molecular formula is C16H21NO3. The number of nitrogens with zero attached hydrogens (tertiary/aromatic N) is 1. The molecule has 1 aliphatic carbocycles. The van der Waals surface area contributed by atoms with E-state index >= 15 is 0 Å². The lowest BCUT2D eigenvalue weighted by atomic mass is 9.84. The Morgan fingerprint density at radius 3 is 2.55 bits per heavy atom. The van der Waals surface area contributed by atoms with Crippen molar-refractivity contribution in [2.24, 2.45) is 0 Å². The van der Waals surface area contributed by atoms with Crippen LogP contribution in [0.2, 0.25) is 0 Å². The van der Waals surface area contributed by atoms with Gasteiger partial charge in [0.2, 0.25) is 0 Å². The number of hydrogen-bond acceptors (Lipinski definition) is 3. The Labute approximate surface area is 119 Å². The molecule has 4 nitrogen and oxygen atoms in total. The number of aliphatic hydroxyl groups is 1. The summed E-state index contributed by atoms with van der Waals surface area (Å²) in [6, 6.07) is 5.34. The zero-order valence-electron chi connectivity index (χ0n) is 11.6. The highest BCUT2D eigenvalue weighted by Crippen LogP contribution is 2.32. The second kappa shape index (κ2) is 5.19. The van der Waals surface area contributed by atoms with E-state index < -0.39 is 11.6 Å². The van der Waals surface area contributed by atoms with Crippen LogP contribution in [0.3, 0.4) is 0 Å². The van der Waals surface area contributed by atoms with Gasteiger partial charge in [0.25, 0.3) is 0 Å². The molecule has 0 unspecified atom stereocenters. The van der Waals surface area contributed by atoms with E-state index in [0.717, 1.165) is 44.3 Å². The Kier molecular flexibility index (Phi) is 3.52. The normalized spacial score (nSPS) is 21.6. The fraction of sp³-hybridized carbons (Fsp3) is 0.562. The molecule has 0 aromatic heterocycles. The Bertz CT molecular complexity index is 520. The first-order chi connectivity index (χ1) is 9.56. The van der Waals surface area contributed by atoms with Gasteiger partial charge in [-0.2, -0.15) is 0 Å². The van der Waals surface area contributed by atoms with Crippen molar-refractivity contribution in [2.75, 3.05) is 6.54 Å². The van der Waals surface area contributed by atoms with Crippen molar-refractivity contribution in [1.82, 2.24) is 4.90 Å². The number of carbonyl (C=O) groups is 1. The van der Waals surface area contributed by atoms with Gasteiger partial charge in [-0.3, -0.25) is 4.90 Å². The lowest BCUT2D eigenvalue weighted by Crippen LogP contribution is -2.42. The highest BCUT2D eigenvalue weighted by Gasteiger charge is 2.33. The summed E-state index contributed by atoms with van der Waals surface area (Å²) in [5, 5.41) is 19.6. The predicted octanol–water partition coefficient (Wildman–Crippen LogP) is 2.40. The van der Waals surface area contributed by atoms with Gasteiger partial charge in [0.1, 0.15) is 0 Å². The van der Waals surface area contributed by atoms with Gasteiger partial charge in [-0.15, -0.1) is 0 Å². The van der Waals surface area contributed by atoms with E-state index in [1.807, 2.05) is 6.07 Å². The van der Waals surface area contributed by atoms with E-state index in [4.69, 9.17) is 5.11 Å². The van der Waals surface area contributed by atoms with Gasteiger partial charge in [0, 0.05) is 19.6 Å². The summed E-state index contributed by atoms with van der Waals surface area (Å²) in [5.41, 5.74) is 2.08. The maximum atomic E-state index is 11.0. The molecule has 0 bridgehead atoms. The summed E-state index contributed by atoms with van der Waals surface area (Å²) in [5.74, 6) is -0.878. The van der Waals surface area contributed by atoms with Crippen LogP contribution in [0.4, 0.5) is 0 Å². The molecule has 1 aliphatic heterocycles. The van der Waals surface area contributed by atoms with E-state index in [2.05, 4.69) is 4.90 Å². The maximum absolute atomic E-state index is 11.0. The molecule has 20 heavy (non-hydrogen) atoms. The van der Waals surface area contributed by atoms with E-state index in [9.17, 15) is 9.90 Å².